The molecule has 0 spiro atoms. The molecule has 1 amide bonds. The molecule has 8 nitrogen and oxygen atoms in total. The number of carbonyl (C=O) groups excluding carboxylic acids is 1. The topological polar surface area (TPSA) is 97.2 Å². The number of rotatable bonds is 4. The fourth-order valence-electron chi connectivity index (χ4n) is 3.16. The van der Waals surface area contributed by atoms with Crippen LogP contribution >= 0.6 is 0 Å². The molecule has 0 radical (unpaired) electrons. The third kappa shape index (κ3) is 3.48. The molecule has 28 heavy (non-hydrogen) atoms. The number of nitrogens with one attached hydrogen (secondary N) is 1. The Kier molecular flexibility index (Phi) is 4.60. The Morgan fingerprint density at radius 2 is 2.04 bits per heavy atom. The van der Waals surface area contributed by atoms with Crippen LogP contribution in [0.5, 0.6) is 0 Å². The highest BCUT2D eigenvalue weighted by Gasteiger charge is 2.28. The van der Waals surface area contributed by atoms with Crippen LogP contribution in [0.15, 0.2) is 55.0 Å². The van der Waals surface area contributed by atoms with Crippen molar-refractivity contribution in [1.82, 2.24) is 14.5 Å². The van der Waals surface area contributed by atoms with Gasteiger partial charge in [-0.15, -0.1) is 0 Å². The minimum absolute atomic E-state index is 0.137. The Morgan fingerprint density at radius 1 is 1.18 bits per heavy atom. The highest BCUT2D eigenvalue weighted by molar-refractivity contribution is 7.93. The molecule has 1 N–H and O–H groups in total. The van der Waals surface area contributed by atoms with Crippen molar-refractivity contribution < 1.29 is 13.2 Å². The minimum Gasteiger partial charge on any atom is -0.321 e. The van der Waals surface area contributed by atoms with Crippen molar-refractivity contribution >= 4 is 27.3 Å². The maximum absolute atomic E-state index is 12.6. The number of nitrogens with zero attached hydrogens (tertiary/aromatic N) is 4. The Morgan fingerprint density at radius 3 is 2.68 bits per heavy atom. The largest absolute Gasteiger partial charge is 0.321 e. The zero-order chi connectivity index (χ0) is 19.7. The van der Waals surface area contributed by atoms with Crippen molar-refractivity contribution in [3.63, 3.8) is 0 Å². The van der Waals surface area contributed by atoms with E-state index in [4.69, 9.17) is 0 Å². The summed E-state index contributed by atoms with van der Waals surface area (Å²) in [5.41, 5.74) is 1.44. The standard InChI is InChI=1S/C19H19N5O3S/c1-14-20-8-10-23(14)18-7-6-16(13-21-18)22-19(25)15-4-2-5-17(12-15)24-9-3-11-28(24,26)27/h2,4-8,10,12-13H,3,9,11H2,1H3,(H,22,25). The molecule has 0 atom stereocenters. The summed E-state index contributed by atoms with van der Waals surface area (Å²) >= 11 is 0. The predicted octanol–water partition coefficient (Wildman–Crippen LogP) is 2.37. The molecule has 9 heteroatoms. The molecule has 1 aliphatic rings. The fraction of sp³-hybridized carbons (Fsp3) is 0.211. The van der Waals surface area contributed by atoms with E-state index in [2.05, 4.69) is 15.3 Å². The first kappa shape index (κ1) is 18.2. The van der Waals surface area contributed by atoms with E-state index < -0.39 is 10.0 Å². The van der Waals surface area contributed by atoms with Gasteiger partial charge in [0.1, 0.15) is 11.6 Å². The Hall–Kier alpha value is -3.20. The fourth-order valence-corrected chi connectivity index (χ4v) is 4.71. The molecule has 2 aromatic heterocycles. The molecule has 144 valence electrons. The quantitative estimate of drug-likeness (QED) is 0.729. The lowest BCUT2D eigenvalue weighted by atomic mass is 10.2. The van der Waals surface area contributed by atoms with Crippen LogP contribution < -0.4 is 9.62 Å². The third-order valence-corrected chi connectivity index (χ3v) is 6.44. The van der Waals surface area contributed by atoms with Gasteiger partial charge in [-0.05, 0) is 43.7 Å². The molecule has 3 heterocycles. The van der Waals surface area contributed by atoms with E-state index in [0.29, 0.717) is 35.7 Å². The van der Waals surface area contributed by atoms with Crippen molar-refractivity contribution in [3.05, 3.63) is 66.4 Å². The highest BCUT2D eigenvalue weighted by atomic mass is 32.2. The van der Waals surface area contributed by atoms with Crippen molar-refractivity contribution in [2.24, 2.45) is 0 Å². The minimum atomic E-state index is -3.29. The van der Waals surface area contributed by atoms with Gasteiger partial charge in [0.25, 0.3) is 5.91 Å². The summed E-state index contributed by atoms with van der Waals surface area (Å²) < 4.78 is 27.4. The SMILES string of the molecule is Cc1nccn1-c1ccc(NC(=O)c2cccc(N3CCCS3(=O)=O)c2)cn1. The van der Waals surface area contributed by atoms with Gasteiger partial charge >= 0.3 is 0 Å². The maximum Gasteiger partial charge on any atom is 0.255 e. The summed E-state index contributed by atoms with van der Waals surface area (Å²) in [5, 5.41) is 2.79. The molecule has 3 aromatic rings. The smallest absolute Gasteiger partial charge is 0.255 e. The Bertz CT molecular complexity index is 1120. The molecule has 1 fully saturated rings. The van der Waals surface area contributed by atoms with Crippen LogP contribution in [-0.2, 0) is 10.0 Å². The summed E-state index contributed by atoms with van der Waals surface area (Å²) in [4.78, 5) is 21.1. The Labute approximate surface area is 162 Å². The van der Waals surface area contributed by atoms with Gasteiger partial charge in [0.05, 0.1) is 23.3 Å². The second-order valence-corrected chi connectivity index (χ2v) is 8.51. The zero-order valence-electron chi connectivity index (χ0n) is 15.2. The monoisotopic (exact) mass is 397 g/mol. The van der Waals surface area contributed by atoms with Gasteiger partial charge < -0.3 is 5.32 Å². The number of pyridine rings is 1. The number of sulfonamides is 1. The number of carbonyl (C=O) groups is 1. The lowest BCUT2D eigenvalue weighted by Crippen LogP contribution is -2.25. The molecule has 0 unspecified atom stereocenters. The second-order valence-electron chi connectivity index (χ2n) is 6.50. The highest BCUT2D eigenvalue weighted by Crippen LogP contribution is 2.25. The molecule has 0 saturated carbocycles. The van der Waals surface area contributed by atoms with E-state index in [1.54, 1.807) is 48.8 Å². The van der Waals surface area contributed by atoms with Crippen LogP contribution in [0.25, 0.3) is 5.82 Å². The first-order valence-corrected chi connectivity index (χ1v) is 10.4. The lowest BCUT2D eigenvalue weighted by Gasteiger charge is -2.17. The Balaban J connectivity index is 1.51. The van der Waals surface area contributed by atoms with Crippen molar-refractivity contribution in [2.45, 2.75) is 13.3 Å². The van der Waals surface area contributed by atoms with Gasteiger partial charge in [0.2, 0.25) is 10.0 Å². The van der Waals surface area contributed by atoms with E-state index in [0.717, 1.165) is 5.82 Å². The number of amides is 1. The summed E-state index contributed by atoms with van der Waals surface area (Å²) in [7, 11) is -3.29. The van der Waals surface area contributed by atoms with Gasteiger partial charge in [0.15, 0.2) is 0 Å². The molecule has 1 aliphatic heterocycles. The lowest BCUT2D eigenvalue weighted by molar-refractivity contribution is 0.102. The van der Waals surface area contributed by atoms with Crippen molar-refractivity contribution in [1.29, 1.82) is 0 Å². The zero-order valence-corrected chi connectivity index (χ0v) is 16.1. The van der Waals surface area contributed by atoms with E-state index in [1.165, 1.54) is 4.31 Å². The average Bonchev–Trinajstić information content (AvgIpc) is 3.27. The third-order valence-electron chi connectivity index (χ3n) is 4.57. The van der Waals surface area contributed by atoms with E-state index >= 15 is 0 Å². The van der Waals surface area contributed by atoms with Crippen LogP contribution in [-0.4, -0.2) is 41.2 Å². The molecule has 1 saturated heterocycles. The van der Waals surface area contributed by atoms with Crippen molar-refractivity contribution in [3.8, 4) is 5.82 Å². The molecule has 0 aliphatic carbocycles. The number of hydrogen-bond donors (Lipinski definition) is 1. The molecule has 0 bridgehead atoms. The number of aryl methyl sites for hydroxylation is 1. The summed E-state index contributed by atoms with van der Waals surface area (Å²) in [6, 6.07) is 10.2. The van der Waals surface area contributed by atoms with Crippen LogP contribution in [0.2, 0.25) is 0 Å². The van der Waals surface area contributed by atoms with E-state index in [9.17, 15) is 13.2 Å². The summed E-state index contributed by atoms with van der Waals surface area (Å²) in [5.74, 6) is 1.33. The van der Waals surface area contributed by atoms with E-state index in [-0.39, 0.29) is 11.7 Å². The molecule has 1 aromatic carbocycles. The summed E-state index contributed by atoms with van der Waals surface area (Å²) in [6.45, 7) is 2.32. The van der Waals surface area contributed by atoms with Gasteiger partial charge in [-0.1, -0.05) is 6.07 Å². The second kappa shape index (κ2) is 7.08. The average molecular weight is 397 g/mol. The number of imidazole rings is 1. The number of anilines is 2. The molecule has 4 rings (SSSR count). The maximum atomic E-state index is 12.6. The van der Waals surface area contributed by atoms with Crippen LogP contribution in [0.4, 0.5) is 11.4 Å². The van der Waals surface area contributed by atoms with Gasteiger partial charge in [-0.2, -0.15) is 0 Å². The van der Waals surface area contributed by atoms with E-state index in [1.807, 2.05) is 17.7 Å². The first-order chi connectivity index (χ1) is 13.4. The number of hydrogen-bond acceptors (Lipinski definition) is 5. The number of benzene rings is 1. The van der Waals surface area contributed by atoms with Gasteiger partial charge in [-0.25, -0.2) is 18.4 Å². The normalized spacial score (nSPS) is 15.5. The van der Waals surface area contributed by atoms with Crippen LogP contribution in [0.1, 0.15) is 22.6 Å². The van der Waals surface area contributed by atoms with Crippen LogP contribution in [0.3, 0.4) is 0 Å². The first-order valence-electron chi connectivity index (χ1n) is 8.82. The van der Waals surface area contributed by atoms with Crippen LogP contribution in [0, 0.1) is 6.92 Å². The summed E-state index contributed by atoms with van der Waals surface area (Å²) in [6.07, 6.45) is 5.67. The van der Waals surface area contributed by atoms with Crippen molar-refractivity contribution in [2.75, 3.05) is 21.9 Å². The van der Waals surface area contributed by atoms with Gasteiger partial charge in [0, 0.05) is 24.5 Å². The predicted molar refractivity (Wildman–Crippen MR) is 106 cm³/mol. The molecular formula is C19H19N5O3S. The number of aromatic nitrogens is 3. The molecular weight excluding hydrogens is 378 g/mol. The van der Waals surface area contributed by atoms with Gasteiger partial charge in [-0.3, -0.25) is 13.7 Å².